The first-order chi connectivity index (χ1) is 10.2. The van der Waals surface area contributed by atoms with E-state index in [0.29, 0.717) is 23.7 Å². The molecular formula is C16H16FN3O. The third-order valence-corrected chi connectivity index (χ3v) is 3.36. The van der Waals surface area contributed by atoms with Crippen LogP contribution < -0.4 is 10.6 Å². The lowest BCUT2D eigenvalue weighted by molar-refractivity contribution is 0.521. The van der Waals surface area contributed by atoms with Crippen LogP contribution in [0.15, 0.2) is 46.9 Å². The Bertz CT molecular complexity index is 752. The van der Waals surface area contributed by atoms with Crippen LogP contribution >= 0.6 is 0 Å². The molecule has 2 N–H and O–H groups in total. The maximum atomic E-state index is 13.0. The van der Waals surface area contributed by atoms with Crippen LogP contribution in [0.2, 0.25) is 0 Å². The number of oxazole rings is 1. The zero-order valence-electron chi connectivity index (χ0n) is 11.7. The van der Waals surface area contributed by atoms with Crippen LogP contribution in [-0.4, -0.2) is 11.5 Å². The number of halogens is 1. The number of hydrogen-bond acceptors (Lipinski definition) is 4. The van der Waals surface area contributed by atoms with Crippen molar-refractivity contribution in [2.45, 2.75) is 13.5 Å². The standard InChI is InChI=1S/C16H16FN3O/c1-2-20(13-6-3-11(17)4-7-13)10-16-19-14-9-12(18)5-8-15(14)21-16/h3-9H,2,10,18H2,1H3. The molecule has 1 heterocycles. The molecule has 0 saturated carbocycles. The van der Waals surface area contributed by atoms with E-state index in [1.807, 2.05) is 13.0 Å². The molecule has 108 valence electrons. The molecular weight excluding hydrogens is 269 g/mol. The first-order valence-electron chi connectivity index (χ1n) is 6.81. The summed E-state index contributed by atoms with van der Waals surface area (Å²) in [6, 6.07) is 11.8. The van der Waals surface area contributed by atoms with E-state index in [9.17, 15) is 4.39 Å². The average Bonchev–Trinajstić information content (AvgIpc) is 2.87. The van der Waals surface area contributed by atoms with Crippen molar-refractivity contribution in [2.24, 2.45) is 0 Å². The molecule has 0 fully saturated rings. The minimum Gasteiger partial charge on any atom is -0.439 e. The second-order valence-electron chi connectivity index (χ2n) is 4.83. The van der Waals surface area contributed by atoms with Crippen molar-refractivity contribution in [1.82, 2.24) is 4.98 Å². The molecule has 0 unspecified atom stereocenters. The van der Waals surface area contributed by atoms with Gasteiger partial charge in [-0.2, -0.15) is 0 Å². The lowest BCUT2D eigenvalue weighted by Crippen LogP contribution is -2.22. The van der Waals surface area contributed by atoms with Crippen molar-refractivity contribution in [3.8, 4) is 0 Å². The van der Waals surface area contributed by atoms with Gasteiger partial charge in [0.2, 0.25) is 5.89 Å². The fraction of sp³-hybridized carbons (Fsp3) is 0.188. The summed E-state index contributed by atoms with van der Waals surface area (Å²) < 4.78 is 18.7. The molecule has 5 heteroatoms. The normalized spacial score (nSPS) is 11.0. The number of hydrogen-bond donors (Lipinski definition) is 1. The number of rotatable bonds is 4. The molecule has 4 nitrogen and oxygen atoms in total. The molecule has 2 aromatic carbocycles. The van der Waals surface area contributed by atoms with Crippen LogP contribution in [0, 0.1) is 5.82 Å². The minimum absolute atomic E-state index is 0.243. The molecule has 0 saturated heterocycles. The van der Waals surface area contributed by atoms with Crippen molar-refractivity contribution in [3.05, 3.63) is 54.2 Å². The molecule has 0 aliphatic heterocycles. The van der Waals surface area contributed by atoms with Gasteiger partial charge in [-0.15, -0.1) is 0 Å². The smallest absolute Gasteiger partial charge is 0.215 e. The molecule has 0 amide bonds. The van der Waals surface area contributed by atoms with Crippen LogP contribution in [0.25, 0.3) is 11.1 Å². The summed E-state index contributed by atoms with van der Waals surface area (Å²) in [5.74, 6) is 0.369. The Morgan fingerprint density at radius 3 is 2.67 bits per heavy atom. The van der Waals surface area contributed by atoms with E-state index in [4.69, 9.17) is 10.2 Å². The Balaban J connectivity index is 1.86. The van der Waals surface area contributed by atoms with Crippen LogP contribution in [0.3, 0.4) is 0 Å². The first kappa shape index (κ1) is 13.4. The third-order valence-electron chi connectivity index (χ3n) is 3.36. The molecule has 0 atom stereocenters. The molecule has 3 rings (SSSR count). The molecule has 1 aromatic heterocycles. The minimum atomic E-state index is -0.243. The molecule has 0 aliphatic rings. The zero-order chi connectivity index (χ0) is 14.8. The van der Waals surface area contributed by atoms with Crippen LogP contribution in [-0.2, 0) is 6.54 Å². The number of nitrogens with two attached hydrogens (primary N) is 1. The highest BCUT2D eigenvalue weighted by Gasteiger charge is 2.11. The summed E-state index contributed by atoms with van der Waals surface area (Å²) >= 11 is 0. The summed E-state index contributed by atoms with van der Waals surface area (Å²) in [4.78, 5) is 6.50. The Hall–Kier alpha value is -2.56. The van der Waals surface area contributed by atoms with E-state index in [1.54, 1.807) is 24.3 Å². The van der Waals surface area contributed by atoms with E-state index in [2.05, 4.69) is 9.88 Å². The van der Waals surface area contributed by atoms with Crippen molar-refractivity contribution in [3.63, 3.8) is 0 Å². The van der Waals surface area contributed by atoms with Gasteiger partial charge < -0.3 is 15.1 Å². The highest BCUT2D eigenvalue weighted by atomic mass is 19.1. The Kier molecular flexibility index (Phi) is 3.48. The predicted molar refractivity (Wildman–Crippen MR) is 81.5 cm³/mol. The maximum Gasteiger partial charge on any atom is 0.215 e. The van der Waals surface area contributed by atoms with Gasteiger partial charge in [0.25, 0.3) is 0 Å². The molecule has 0 bridgehead atoms. The van der Waals surface area contributed by atoms with Crippen molar-refractivity contribution >= 4 is 22.5 Å². The second-order valence-corrected chi connectivity index (χ2v) is 4.83. The fourth-order valence-electron chi connectivity index (χ4n) is 2.26. The number of benzene rings is 2. The van der Waals surface area contributed by atoms with Crippen molar-refractivity contribution in [2.75, 3.05) is 17.2 Å². The van der Waals surface area contributed by atoms with Gasteiger partial charge in [-0.1, -0.05) is 0 Å². The molecule has 0 aliphatic carbocycles. The van der Waals surface area contributed by atoms with Crippen LogP contribution in [0.1, 0.15) is 12.8 Å². The highest BCUT2D eigenvalue weighted by molar-refractivity contribution is 5.76. The maximum absolute atomic E-state index is 13.0. The van der Waals surface area contributed by atoms with Gasteiger partial charge in [-0.05, 0) is 49.4 Å². The first-order valence-corrected chi connectivity index (χ1v) is 6.81. The van der Waals surface area contributed by atoms with Gasteiger partial charge in [-0.25, -0.2) is 9.37 Å². The van der Waals surface area contributed by atoms with Gasteiger partial charge in [0.05, 0.1) is 6.54 Å². The third kappa shape index (κ3) is 2.81. The quantitative estimate of drug-likeness (QED) is 0.744. The number of fused-ring (bicyclic) bond motifs is 1. The summed E-state index contributed by atoms with van der Waals surface area (Å²) in [6.45, 7) is 3.33. The van der Waals surface area contributed by atoms with Crippen LogP contribution in [0.4, 0.5) is 15.8 Å². The van der Waals surface area contributed by atoms with Crippen molar-refractivity contribution in [1.29, 1.82) is 0 Å². The molecule has 0 radical (unpaired) electrons. The molecule has 21 heavy (non-hydrogen) atoms. The van der Waals surface area contributed by atoms with E-state index in [0.717, 1.165) is 17.7 Å². The van der Waals surface area contributed by atoms with Gasteiger partial charge in [0, 0.05) is 17.9 Å². The van der Waals surface area contributed by atoms with Crippen molar-refractivity contribution < 1.29 is 8.81 Å². The monoisotopic (exact) mass is 285 g/mol. The van der Waals surface area contributed by atoms with Gasteiger partial charge in [0.15, 0.2) is 5.58 Å². The summed E-state index contributed by atoms with van der Waals surface area (Å²) in [5, 5.41) is 0. The van der Waals surface area contributed by atoms with Gasteiger partial charge >= 0.3 is 0 Å². The predicted octanol–water partition coefficient (Wildman–Crippen LogP) is 3.58. The molecule has 0 spiro atoms. The largest absolute Gasteiger partial charge is 0.439 e. The molecule has 3 aromatic rings. The lowest BCUT2D eigenvalue weighted by atomic mass is 10.3. The summed E-state index contributed by atoms with van der Waals surface area (Å²) in [7, 11) is 0. The Morgan fingerprint density at radius 2 is 1.95 bits per heavy atom. The number of anilines is 2. The van der Waals surface area contributed by atoms with E-state index < -0.39 is 0 Å². The average molecular weight is 285 g/mol. The SMILES string of the molecule is CCN(Cc1nc2cc(N)ccc2o1)c1ccc(F)cc1. The van der Waals surface area contributed by atoms with E-state index in [-0.39, 0.29) is 5.82 Å². The Morgan fingerprint density at radius 1 is 1.19 bits per heavy atom. The van der Waals surface area contributed by atoms with Gasteiger partial charge in [-0.3, -0.25) is 0 Å². The zero-order valence-corrected chi connectivity index (χ0v) is 11.7. The fourth-order valence-corrected chi connectivity index (χ4v) is 2.26. The van der Waals surface area contributed by atoms with E-state index in [1.165, 1.54) is 12.1 Å². The Labute approximate surface area is 122 Å². The van der Waals surface area contributed by atoms with E-state index >= 15 is 0 Å². The number of nitrogen functional groups attached to an aromatic ring is 1. The number of nitrogens with zero attached hydrogens (tertiary/aromatic N) is 2. The van der Waals surface area contributed by atoms with Crippen LogP contribution in [0.5, 0.6) is 0 Å². The summed E-state index contributed by atoms with van der Waals surface area (Å²) in [5.41, 5.74) is 8.80. The topological polar surface area (TPSA) is 55.3 Å². The summed E-state index contributed by atoms with van der Waals surface area (Å²) in [6.07, 6.45) is 0. The van der Waals surface area contributed by atoms with Gasteiger partial charge in [0.1, 0.15) is 11.3 Å². The highest BCUT2D eigenvalue weighted by Crippen LogP contribution is 2.21. The number of aromatic nitrogens is 1. The second kappa shape index (κ2) is 5.44. The lowest BCUT2D eigenvalue weighted by Gasteiger charge is -2.21.